The summed E-state index contributed by atoms with van der Waals surface area (Å²) in [6.45, 7) is 4.19. The first kappa shape index (κ1) is 23.2. The molecule has 5 rings (SSSR count). The summed E-state index contributed by atoms with van der Waals surface area (Å²) >= 11 is 0. The van der Waals surface area contributed by atoms with E-state index in [0.717, 1.165) is 57.7 Å². The average Bonchev–Trinajstić information content (AvgIpc) is 3.38. The number of non-ortho nitro benzene ring substituents is 1. The normalized spacial score (nSPS) is 11.3. The van der Waals surface area contributed by atoms with E-state index in [1.807, 2.05) is 42.8 Å². The first-order valence-electron chi connectivity index (χ1n) is 11.8. The highest BCUT2D eigenvalue weighted by molar-refractivity contribution is 5.93. The van der Waals surface area contributed by atoms with Gasteiger partial charge in [-0.1, -0.05) is 19.1 Å². The van der Waals surface area contributed by atoms with Crippen molar-refractivity contribution in [3.63, 3.8) is 0 Å². The van der Waals surface area contributed by atoms with Gasteiger partial charge in [-0.15, -0.1) is 0 Å². The molecule has 0 aliphatic rings. The number of carbonyl (C=O) groups is 1. The molecule has 2 heterocycles. The molecule has 2 aromatic heterocycles. The minimum atomic E-state index is -0.468. The van der Waals surface area contributed by atoms with Gasteiger partial charge >= 0.3 is 0 Å². The third kappa shape index (κ3) is 4.19. The highest BCUT2D eigenvalue weighted by Gasteiger charge is 2.18. The lowest BCUT2D eigenvalue weighted by Gasteiger charge is -2.11. The number of nitro groups is 1. The molecule has 0 spiro atoms. The predicted octanol–water partition coefficient (Wildman–Crippen LogP) is 5.40. The van der Waals surface area contributed by atoms with E-state index >= 15 is 0 Å². The average molecular weight is 483 g/mol. The standard InChI is InChI=1S/C27H26N6O3/c1-4-7-24-30-26-17(2)14-18(27-29-21-8-5-6-9-22(21)31(27)3)15-23(26)32(24)16-25(34)28-19-10-12-20(13-11-19)33(35)36/h5-6,8-15H,4,7,16H2,1-3H3,(H,28,34). The Morgan fingerprint density at radius 2 is 1.81 bits per heavy atom. The van der Waals surface area contributed by atoms with Crippen molar-refractivity contribution >= 4 is 39.3 Å². The lowest BCUT2D eigenvalue weighted by molar-refractivity contribution is -0.384. The second kappa shape index (κ2) is 9.26. The summed E-state index contributed by atoms with van der Waals surface area (Å²) in [4.78, 5) is 33.2. The summed E-state index contributed by atoms with van der Waals surface area (Å²) in [5.74, 6) is 1.46. The number of fused-ring (bicyclic) bond motifs is 2. The zero-order chi connectivity index (χ0) is 25.4. The van der Waals surface area contributed by atoms with Gasteiger partial charge < -0.3 is 14.5 Å². The molecular formula is C27H26N6O3. The molecule has 182 valence electrons. The van der Waals surface area contributed by atoms with Crippen molar-refractivity contribution in [1.82, 2.24) is 19.1 Å². The first-order chi connectivity index (χ1) is 17.4. The minimum absolute atomic E-state index is 0.0243. The Morgan fingerprint density at radius 3 is 2.50 bits per heavy atom. The zero-order valence-electron chi connectivity index (χ0n) is 20.4. The molecule has 36 heavy (non-hydrogen) atoms. The summed E-state index contributed by atoms with van der Waals surface area (Å²) in [7, 11) is 2.00. The molecule has 9 nitrogen and oxygen atoms in total. The van der Waals surface area contributed by atoms with E-state index < -0.39 is 4.92 Å². The second-order valence-electron chi connectivity index (χ2n) is 8.86. The van der Waals surface area contributed by atoms with E-state index in [1.54, 1.807) is 0 Å². The fraction of sp³-hybridized carbons (Fsp3) is 0.222. The van der Waals surface area contributed by atoms with Crippen LogP contribution in [0.4, 0.5) is 11.4 Å². The van der Waals surface area contributed by atoms with Crippen LogP contribution >= 0.6 is 0 Å². The molecule has 0 radical (unpaired) electrons. The molecule has 0 saturated carbocycles. The van der Waals surface area contributed by atoms with Crippen LogP contribution in [-0.4, -0.2) is 29.9 Å². The maximum Gasteiger partial charge on any atom is 0.269 e. The Bertz CT molecular complexity index is 1610. The Kier molecular flexibility index (Phi) is 5.97. The molecule has 9 heteroatoms. The summed E-state index contributed by atoms with van der Waals surface area (Å²) in [6, 6.07) is 18.0. The quantitative estimate of drug-likeness (QED) is 0.247. The van der Waals surface area contributed by atoms with E-state index in [0.29, 0.717) is 5.69 Å². The topological polar surface area (TPSA) is 108 Å². The van der Waals surface area contributed by atoms with Gasteiger partial charge in [0.15, 0.2) is 0 Å². The fourth-order valence-electron chi connectivity index (χ4n) is 4.57. The van der Waals surface area contributed by atoms with Crippen molar-refractivity contribution < 1.29 is 9.72 Å². The first-order valence-corrected chi connectivity index (χ1v) is 11.8. The summed E-state index contributed by atoms with van der Waals surface area (Å²) in [5, 5.41) is 13.7. The number of nitrogens with zero attached hydrogens (tertiary/aromatic N) is 5. The molecule has 0 bridgehead atoms. The lowest BCUT2D eigenvalue weighted by Crippen LogP contribution is -2.20. The van der Waals surface area contributed by atoms with Crippen LogP contribution in [0.5, 0.6) is 0 Å². The molecule has 3 aromatic carbocycles. The molecule has 0 atom stereocenters. The third-order valence-corrected chi connectivity index (χ3v) is 6.31. The van der Waals surface area contributed by atoms with Crippen molar-refractivity contribution in [1.29, 1.82) is 0 Å². The number of carbonyl (C=O) groups excluding carboxylic acids is 1. The zero-order valence-corrected chi connectivity index (χ0v) is 20.4. The highest BCUT2D eigenvalue weighted by atomic mass is 16.6. The Morgan fingerprint density at radius 1 is 1.06 bits per heavy atom. The molecule has 0 saturated heterocycles. The predicted molar refractivity (Wildman–Crippen MR) is 140 cm³/mol. The van der Waals surface area contributed by atoms with Crippen molar-refractivity contribution in [3.05, 3.63) is 82.2 Å². The number of hydrogen-bond acceptors (Lipinski definition) is 5. The van der Waals surface area contributed by atoms with E-state index in [1.165, 1.54) is 24.3 Å². The van der Waals surface area contributed by atoms with Crippen LogP contribution < -0.4 is 5.32 Å². The Labute approximate surface area is 207 Å². The van der Waals surface area contributed by atoms with E-state index in [-0.39, 0.29) is 18.1 Å². The monoisotopic (exact) mass is 482 g/mol. The Hall–Kier alpha value is -4.53. The third-order valence-electron chi connectivity index (χ3n) is 6.31. The number of para-hydroxylation sites is 2. The summed E-state index contributed by atoms with van der Waals surface area (Å²) < 4.78 is 4.03. The second-order valence-corrected chi connectivity index (χ2v) is 8.86. The van der Waals surface area contributed by atoms with Gasteiger partial charge in [-0.3, -0.25) is 14.9 Å². The van der Waals surface area contributed by atoms with E-state index in [2.05, 4.69) is 28.9 Å². The summed E-state index contributed by atoms with van der Waals surface area (Å²) in [6.07, 6.45) is 1.63. The van der Waals surface area contributed by atoms with Gasteiger partial charge in [0.25, 0.3) is 5.69 Å². The number of rotatable bonds is 7. The van der Waals surface area contributed by atoms with Crippen molar-refractivity contribution in [2.45, 2.75) is 33.2 Å². The number of benzene rings is 3. The van der Waals surface area contributed by atoms with Crippen LogP contribution in [-0.2, 0) is 24.8 Å². The van der Waals surface area contributed by atoms with Crippen LogP contribution in [0.3, 0.4) is 0 Å². The van der Waals surface area contributed by atoms with Crippen molar-refractivity contribution in [2.24, 2.45) is 7.05 Å². The molecule has 0 unspecified atom stereocenters. The van der Waals surface area contributed by atoms with Gasteiger partial charge in [0.05, 0.1) is 27.0 Å². The number of hydrogen-bond donors (Lipinski definition) is 1. The molecule has 1 amide bonds. The van der Waals surface area contributed by atoms with Gasteiger partial charge in [-0.2, -0.15) is 0 Å². The molecule has 1 N–H and O–H groups in total. The van der Waals surface area contributed by atoms with Gasteiger partial charge in [0.2, 0.25) is 5.91 Å². The van der Waals surface area contributed by atoms with Crippen LogP contribution in [0.1, 0.15) is 24.7 Å². The number of aromatic nitrogens is 4. The van der Waals surface area contributed by atoms with Crippen molar-refractivity contribution in [3.8, 4) is 11.4 Å². The van der Waals surface area contributed by atoms with Gasteiger partial charge in [0, 0.05) is 36.9 Å². The number of anilines is 1. The lowest BCUT2D eigenvalue weighted by atomic mass is 10.1. The molecule has 5 aromatic rings. The van der Waals surface area contributed by atoms with Crippen LogP contribution in [0.2, 0.25) is 0 Å². The van der Waals surface area contributed by atoms with E-state index in [4.69, 9.17) is 9.97 Å². The van der Waals surface area contributed by atoms with E-state index in [9.17, 15) is 14.9 Å². The molecule has 0 fully saturated rings. The van der Waals surface area contributed by atoms with Crippen LogP contribution in [0.15, 0.2) is 60.7 Å². The largest absolute Gasteiger partial charge is 0.327 e. The smallest absolute Gasteiger partial charge is 0.269 e. The summed E-state index contributed by atoms with van der Waals surface area (Å²) in [5.41, 5.74) is 6.17. The number of nitro benzene ring substituents is 1. The maximum atomic E-state index is 13.0. The maximum absolute atomic E-state index is 13.0. The van der Waals surface area contributed by atoms with Gasteiger partial charge in [-0.25, -0.2) is 9.97 Å². The molecular weight excluding hydrogens is 456 g/mol. The minimum Gasteiger partial charge on any atom is -0.327 e. The van der Waals surface area contributed by atoms with Gasteiger partial charge in [0.1, 0.15) is 18.2 Å². The number of imidazole rings is 2. The highest BCUT2D eigenvalue weighted by Crippen LogP contribution is 2.30. The Balaban J connectivity index is 1.53. The number of aryl methyl sites for hydroxylation is 3. The number of amides is 1. The van der Waals surface area contributed by atoms with Gasteiger partial charge in [-0.05, 0) is 55.3 Å². The number of nitrogens with one attached hydrogen (secondary N) is 1. The SMILES string of the molecule is CCCc1nc2c(C)cc(-c3nc4ccccc4n3C)cc2n1CC(=O)Nc1ccc([N+](=O)[O-])cc1. The molecule has 0 aliphatic heterocycles. The fourth-order valence-corrected chi connectivity index (χ4v) is 4.57. The van der Waals surface area contributed by atoms with Crippen LogP contribution in [0, 0.1) is 17.0 Å². The van der Waals surface area contributed by atoms with Crippen molar-refractivity contribution in [2.75, 3.05) is 5.32 Å². The van der Waals surface area contributed by atoms with Crippen LogP contribution in [0.25, 0.3) is 33.5 Å². The molecule has 0 aliphatic carbocycles.